The number of ether oxygens (including phenoxy) is 2. The number of carbonyl (C=O) groups is 1. The third-order valence-electron chi connectivity index (χ3n) is 4.28. The fourth-order valence-electron chi connectivity index (χ4n) is 2.76. The lowest BCUT2D eigenvalue weighted by Crippen LogP contribution is -2.32. The minimum atomic E-state index is -0.401. The van der Waals surface area contributed by atoms with Crippen LogP contribution in [-0.2, 0) is 4.79 Å². The van der Waals surface area contributed by atoms with E-state index < -0.39 is 6.04 Å². The largest absolute Gasteiger partial charge is 0.490 e. The molecule has 2 N–H and O–H groups in total. The molecule has 0 heterocycles. The number of amides is 1. The highest BCUT2D eigenvalue weighted by molar-refractivity contribution is 5.96. The highest BCUT2D eigenvalue weighted by atomic mass is 16.5. The molecular weight excluding hydrogens is 352 g/mol. The number of rotatable bonds is 10. The molecule has 0 saturated heterocycles. The summed E-state index contributed by atoms with van der Waals surface area (Å²) in [6.07, 6.45) is 1.85. The lowest BCUT2D eigenvalue weighted by atomic mass is 10.1. The van der Waals surface area contributed by atoms with Crippen LogP contribution >= 0.6 is 0 Å². The van der Waals surface area contributed by atoms with Crippen molar-refractivity contribution in [3.8, 4) is 11.5 Å². The van der Waals surface area contributed by atoms with E-state index in [0.29, 0.717) is 19.0 Å². The molecule has 152 valence electrons. The average molecular weight is 385 g/mol. The van der Waals surface area contributed by atoms with Crippen LogP contribution in [0.4, 0.5) is 11.4 Å². The molecule has 1 amide bonds. The Bertz CT molecular complexity index is 789. The van der Waals surface area contributed by atoms with Crippen LogP contribution in [0.5, 0.6) is 11.5 Å². The van der Waals surface area contributed by atoms with E-state index in [9.17, 15) is 4.79 Å². The maximum Gasteiger partial charge on any atom is 0.246 e. The van der Waals surface area contributed by atoms with Gasteiger partial charge in [-0.15, -0.1) is 0 Å². The molecule has 1 unspecified atom stereocenters. The second-order valence-corrected chi connectivity index (χ2v) is 7.03. The van der Waals surface area contributed by atoms with Crippen molar-refractivity contribution in [3.63, 3.8) is 0 Å². The molecule has 1 atom stereocenters. The van der Waals surface area contributed by atoms with E-state index >= 15 is 0 Å². The first-order valence-electron chi connectivity index (χ1n) is 9.98. The van der Waals surface area contributed by atoms with Gasteiger partial charge in [0, 0.05) is 17.4 Å². The predicted octanol–water partition coefficient (Wildman–Crippen LogP) is 5.32. The number of anilines is 2. The molecule has 2 aromatic carbocycles. The molecule has 0 aliphatic rings. The van der Waals surface area contributed by atoms with E-state index in [0.717, 1.165) is 35.5 Å². The number of nitrogens with one attached hydrogen (secondary N) is 2. The highest BCUT2D eigenvalue weighted by Crippen LogP contribution is 2.31. The number of benzene rings is 2. The van der Waals surface area contributed by atoms with Crippen molar-refractivity contribution in [1.29, 1.82) is 0 Å². The van der Waals surface area contributed by atoms with Crippen molar-refractivity contribution in [2.24, 2.45) is 0 Å². The molecule has 2 rings (SSSR count). The van der Waals surface area contributed by atoms with E-state index in [2.05, 4.69) is 30.5 Å². The van der Waals surface area contributed by atoms with Crippen LogP contribution in [0, 0.1) is 13.8 Å². The minimum Gasteiger partial charge on any atom is -0.490 e. The third kappa shape index (κ3) is 6.19. The van der Waals surface area contributed by atoms with Crippen LogP contribution in [0.25, 0.3) is 0 Å². The average Bonchev–Trinajstić information content (AvgIpc) is 2.67. The Kier molecular flexibility index (Phi) is 8.18. The fourth-order valence-corrected chi connectivity index (χ4v) is 2.76. The van der Waals surface area contributed by atoms with E-state index in [-0.39, 0.29) is 5.91 Å². The lowest BCUT2D eigenvalue weighted by Gasteiger charge is -2.18. The van der Waals surface area contributed by atoms with Gasteiger partial charge < -0.3 is 20.1 Å². The summed E-state index contributed by atoms with van der Waals surface area (Å²) in [6.45, 7) is 11.3. The predicted molar refractivity (Wildman–Crippen MR) is 116 cm³/mol. The Morgan fingerprint density at radius 2 is 1.64 bits per heavy atom. The van der Waals surface area contributed by atoms with Crippen LogP contribution in [0.3, 0.4) is 0 Å². The number of hydrogen-bond donors (Lipinski definition) is 2. The van der Waals surface area contributed by atoms with Crippen molar-refractivity contribution in [3.05, 3.63) is 47.5 Å². The molecule has 0 radical (unpaired) electrons. The smallest absolute Gasteiger partial charge is 0.246 e. The van der Waals surface area contributed by atoms with Crippen LogP contribution in [0.15, 0.2) is 36.4 Å². The number of hydrogen-bond acceptors (Lipinski definition) is 4. The quantitative estimate of drug-likeness (QED) is 0.582. The second kappa shape index (κ2) is 10.6. The molecule has 0 saturated carbocycles. The summed E-state index contributed by atoms with van der Waals surface area (Å²) in [5.74, 6) is 1.34. The summed E-state index contributed by atoms with van der Waals surface area (Å²) in [5, 5.41) is 6.23. The highest BCUT2D eigenvalue weighted by Gasteiger charge is 2.15. The van der Waals surface area contributed by atoms with Crippen molar-refractivity contribution < 1.29 is 14.3 Å². The van der Waals surface area contributed by atoms with Crippen molar-refractivity contribution in [2.45, 2.75) is 53.5 Å². The molecule has 5 nitrogen and oxygen atoms in total. The monoisotopic (exact) mass is 384 g/mol. The van der Waals surface area contributed by atoms with E-state index in [1.54, 1.807) is 0 Å². The zero-order valence-corrected chi connectivity index (χ0v) is 17.6. The molecular formula is C23H32N2O3. The molecule has 2 aromatic rings. The summed E-state index contributed by atoms with van der Waals surface area (Å²) in [4.78, 5) is 12.6. The summed E-state index contributed by atoms with van der Waals surface area (Å²) in [5.41, 5.74) is 3.87. The van der Waals surface area contributed by atoms with Crippen LogP contribution in [0.2, 0.25) is 0 Å². The Morgan fingerprint density at radius 1 is 0.964 bits per heavy atom. The molecule has 0 aromatic heterocycles. The molecule has 0 bridgehead atoms. The van der Waals surface area contributed by atoms with Crippen LogP contribution < -0.4 is 20.1 Å². The first-order valence-corrected chi connectivity index (χ1v) is 9.98. The number of carbonyl (C=O) groups excluding carboxylic acids is 1. The maximum absolute atomic E-state index is 12.6. The lowest BCUT2D eigenvalue weighted by molar-refractivity contribution is -0.116. The summed E-state index contributed by atoms with van der Waals surface area (Å²) in [7, 11) is 0. The van der Waals surface area contributed by atoms with Gasteiger partial charge in [0.05, 0.1) is 13.2 Å². The fraction of sp³-hybridized carbons (Fsp3) is 0.435. The Labute approximate surface area is 168 Å². The Hall–Kier alpha value is -2.69. The minimum absolute atomic E-state index is 0.0886. The van der Waals surface area contributed by atoms with E-state index in [1.807, 2.05) is 51.1 Å². The Balaban J connectivity index is 2.06. The normalized spacial score (nSPS) is 11.6. The van der Waals surface area contributed by atoms with Gasteiger partial charge in [-0.1, -0.05) is 31.5 Å². The van der Waals surface area contributed by atoms with Gasteiger partial charge in [-0.25, -0.2) is 0 Å². The van der Waals surface area contributed by atoms with Gasteiger partial charge in [0.15, 0.2) is 11.5 Å². The third-order valence-corrected chi connectivity index (χ3v) is 4.28. The Morgan fingerprint density at radius 3 is 2.29 bits per heavy atom. The van der Waals surface area contributed by atoms with Gasteiger partial charge in [-0.3, -0.25) is 4.79 Å². The van der Waals surface area contributed by atoms with Crippen LogP contribution in [-0.4, -0.2) is 25.2 Å². The van der Waals surface area contributed by atoms with Gasteiger partial charge in [0.25, 0.3) is 0 Å². The zero-order chi connectivity index (χ0) is 20.5. The molecule has 0 fully saturated rings. The van der Waals surface area contributed by atoms with Crippen LogP contribution in [0.1, 0.15) is 44.7 Å². The van der Waals surface area contributed by atoms with Gasteiger partial charge >= 0.3 is 0 Å². The SMILES string of the molecule is CCCOc1ccc(NC(C)C(=O)Nc2ccc(C)cc2C)cc1OCCC. The molecule has 5 heteroatoms. The summed E-state index contributed by atoms with van der Waals surface area (Å²) in [6, 6.07) is 11.3. The van der Waals surface area contributed by atoms with Crippen molar-refractivity contribution in [2.75, 3.05) is 23.8 Å². The van der Waals surface area contributed by atoms with Gasteiger partial charge in [0.2, 0.25) is 5.91 Å². The summed E-state index contributed by atoms with van der Waals surface area (Å²) >= 11 is 0. The van der Waals surface area contributed by atoms with E-state index in [1.165, 1.54) is 5.56 Å². The first kappa shape index (κ1) is 21.6. The maximum atomic E-state index is 12.6. The summed E-state index contributed by atoms with van der Waals surface area (Å²) < 4.78 is 11.6. The van der Waals surface area contributed by atoms with Crippen molar-refractivity contribution >= 4 is 17.3 Å². The van der Waals surface area contributed by atoms with Crippen molar-refractivity contribution in [1.82, 2.24) is 0 Å². The molecule has 0 spiro atoms. The number of aryl methyl sites for hydroxylation is 2. The zero-order valence-electron chi connectivity index (χ0n) is 17.6. The van der Waals surface area contributed by atoms with Gasteiger partial charge in [-0.05, 0) is 57.4 Å². The van der Waals surface area contributed by atoms with Gasteiger partial charge in [-0.2, -0.15) is 0 Å². The molecule has 0 aliphatic heterocycles. The first-order chi connectivity index (χ1) is 13.4. The standard InChI is InChI=1S/C23H32N2O3/c1-6-12-27-21-11-9-19(15-22(21)28-13-7-2)24-18(5)23(26)25-20-10-8-16(3)14-17(20)4/h8-11,14-15,18,24H,6-7,12-13H2,1-5H3,(H,25,26). The van der Waals surface area contributed by atoms with E-state index in [4.69, 9.17) is 9.47 Å². The topological polar surface area (TPSA) is 59.6 Å². The molecule has 0 aliphatic carbocycles. The van der Waals surface area contributed by atoms with Gasteiger partial charge in [0.1, 0.15) is 6.04 Å². The molecule has 28 heavy (non-hydrogen) atoms. The second-order valence-electron chi connectivity index (χ2n) is 7.03.